The molecule has 3 saturated heterocycles. The molecule has 7 N–H and O–H groups in total. The normalized spacial score (nSPS) is 18.8. The summed E-state index contributed by atoms with van der Waals surface area (Å²) in [5, 5.41) is 27.7. The van der Waals surface area contributed by atoms with Crippen LogP contribution in [-0.4, -0.2) is 221 Å². The van der Waals surface area contributed by atoms with Gasteiger partial charge in [0.05, 0.1) is 44.3 Å². The van der Waals surface area contributed by atoms with Crippen LogP contribution in [-0.2, 0) is 65.7 Å². The lowest BCUT2D eigenvalue weighted by molar-refractivity contribution is -0.142. The van der Waals surface area contributed by atoms with E-state index in [1.807, 2.05) is 45.0 Å². The van der Waals surface area contributed by atoms with Gasteiger partial charge in [-0.25, -0.2) is 19.2 Å². The Morgan fingerprint density at radius 1 is 0.635 bits per heavy atom. The van der Waals surface area contributed by atoms with Gasteiger partial charge in [-0.15, -0.1) is 0 Å². The molecule has 3 aliphatic rings. The standard InChI is InChI=1S/C68H90N12O16/c1-43-49(31-33-77(43)61(87)56(67(3,4)5)73-52(81)40-75(9)65(91)94-41-45-23-15-11-16-24-45)78(35-36-93-63(89)71-47-27-19-13-20-28-47)53(82)37-69-59(85)60(86)70-38-54(83)80-39-51(96-64(90)72-48-29-21-14-22-30-48)55-50(80)32-34-79(55)62(88)57(68(6,7)8)74-58(84)44(2)76(10)66(92)95-42-46-25-17-12-18-26-46/h11-30,43-44,49-51,55-57,61,87H,31-42H2,1-10H3,(H,69,85)(H,70,86)(H,71,89)(H,72,90)(H,73,81)(H,74,84). The molecule has 28 heteroatoms. The molecule has 3 fully saturated rings. The molecule has 4 aromatic rings. The number of benzene rings is 4. The molecule has 3 aliphatic heterocycles. The van der Waals surface area contributed by atoms with Crippen molar-refractivity contribution in [2.24, 2.45) is 10.8 Å². The van der Waals surface area contributed by atoms with Crippen molar-refractivity contribution >= 4 is 77.1 Å². The van der Waals surface area contributed by atoms with Crippen LogP contribution in [0.2, 0.25) is 0 Å². The van der Waals surface area contributed by atoms with Gasteiger partial charge in [0.25, 0.3) is 0 Å². The van der Waals surface area contributed by atoms with Crippen LogP contribution < -0.4 is 31.9 Å². The maximum atomic E-state index is 14.9. The molecule has 96 heavy (non-hydrogen) atoms. The van der Waals surface area contributed by atoms with Gasteiger partial charge >= 0.3 is 36.2 Å². The molecule has 28 nitrogen and oxygen atoms in total. The third-order valence-corrected chi connectivity index (χ3v) is 17.2. The zero-order chi connectivity index (χ0) is 70.0. The summed E-state index contributed by atoms with van der Waals surface area (Å²) in [5.41, 5.74) is 0.692. The van der Waals surface area contributed by atoms with E-state index in [2.05, 4.69) is 31.9 Å². The van der Waals surface area contributed by atoms with Crippen molar-refractivity contribution in [1.82, 2.24) is 50.7 Å². The maximum absolute atomic E-state index is 14.9. The van der Waals surface area contributed by atoms with E-state index in [0.29, 0.717) is 11.4 Å². The number of aliphatic hydroxyl groups excluding tert-OH is 1. The Bertz CT molecular complexity index is 3360. The van der Waals surface area contributed by atoms with Gasteiger partial charge in [0, 0.05) is 50.6 Å². The minimum atomic E-state index is -1.33. The largest absolute Gasteiger partial charge is 0.447 e. The number of para-hydroxylation sites is 2. The summed E-state index contributed by atoms with van der Waals surface area (Å²) in [5.74, 6) is -5.73. The van der Waals surface area contributed by atoms with Crippen molar-refractivity contribution in [2.75, 3.05) is 77.1 Å². The second-order valence-corrected chi connectivity index (χ2v) is 26.1. The first kappa shape index (κ1) is 73.6. The van der Waals surface area contributed by atoms with Gasteiger partial charge in [0.1, 0.15) is 50.8 Å². The van der Waals surface area contributed by atoms with Crippen LogP contribution in [0.25, 0.3) is 0 Å². The second-order valence-electron chi connectivity index (χ2n) is 26.1. The summed E-state index contributed by atoms with van der Waals surface area (Å²) < 4.78 is 22.3. The number of rotatable bonds is 24. The zero-order valence-corrected chi connectivity index (χ0v) is 56.0. The Morgan fingerprint density at radius 3 is 1.72 bits per heavy atom. The average Bonchev–Trinajstić information content (AvgIpc) is 1.59. The molecule has 9 unspecified atom stereocenters. The summed E-state index contributed by atoms with van der Waals surface area (Å²) in [6, 6.07) is 28.8. The van der Waals surface area contributed by atoms with Gasteiger partial charge in [-0.2, -0.15) is 0 Å². The molecule has 3 heterocycles. The van der Waals surface area contributed by atoms with Gasteiger partial charge in [0.15, 0.2) is 0 Å². The molecular formula is C68H90N12O16. The minimum absolute atomic E-state index is 0.00228. The number of ether oxygens (including phenoxy) is 4. The fraction of sp³-hybridized carbons (Fsp3) is 0.485. The van der Waals surface area contributed by atoms with Crippen LogP contribution in [0.1, 0.15) is 79.4 Å². The number of carbonyl (C=O) groups excluding carboxylic acids is 11. The first-order valence-electron chi connectivity index (χ1n) is 31.9. The van der Waals surface area contributed by atoms with Crippen molar-refractivity contribution in [1.29, 1.82) is 0 Å². The topological polar surface area (TPSA) is 337 Å². The van der Waals surface area contributed by atoms with Crippen LogP contribution in [0.15, 0.2) is 121 Å². The van der Waals surface area contributed by atoms with Crippen LogP contribution in [0.4, 0.5) is 30.6 Å². The Hall–Kier alpha value is -9.83. The number of hydrogen-bond acceptors (Lipinski definition) is 17. The van der Waals surface area contributed by atoms with Crippen molar-refractivity contribution < 1.29 is 76.8 Å². The van der Waals surface area contributed by atoms with Crippen molar-refractivity contribution in [3.63, 3.8) is 0 Å². The van der Waals surface area contributed by atoms with E-state index in [1.165, 1.54) is 35.7 Å². The number of aliphatic hydroxyl groups is 1. The predicted octanol–water partition coefficient (Wildman–Crippen LogP) is 4.49. The van der Waals surface area contributed by atoms with E-state index >= 15 is 0 Å². The van der Waals surface area contributed by atoms with Crippen LogP contribution in [0.5, 0.6) is 0 Å². The van der Waals surface area contributed by atoms with E-state index < -0.39 is 144 Å². The van der Waals surface area contributed by atoms with Gasteiger partial charge in [-0.1, -0.05) is 139 Å². The number of amides is 11. The summed E-state index contributed by atoms with van der Waals surface area (Å²) in [6.45, 7) is 11.6. The fourth-order valence-corrected chi connectivity index (χ4v) is 11.8. The number of nitrogens with one attached hydrogen (secondary N) is 6. The summed E-state index contributed by atoms with van der Waals surface area (Å²) in [4.78, 5) is 159. The first-order chi connectivity index (χ1) is 45.5. The lowest BCUT2D eigenvalue weighted by atomic mass is 9.85. The Morgan fingerprint density at radius 2 is 1.17 bits per heavy atom. The molecule has 0 radical (unpaired) electrons. The van der Waals surface area contributed by atoms with Gasteiger partial charge in [0.2, 0.25) is 29.5 Å². The molecule has 4 aromatic carbocycles. The average molecular weight is 1330 g/mol. The van der Waals surface area contributed by atoms with E-state index in [4.69, 9.17) is 18.9 Å². The molecule has 7 rings (SSSR count). The molecule has 9 atom stereocenters. The number of nitrogens with zero attached hydrogens (tertiary/aromatic N) is 6. The highest BCUT2D eigenvalue weighted by Gasteiger charge is 2.55. The highest BCUT2D eigenvalue weighted by atomic mass is 16.6. The summed E-state index contributed by atoms with van der Waals surface area (Å²) in [7, 11) is 2.82. The third kappa shape index (κ3) is 20.1. The Balaban J connectivity index is 0.990. The molecule has 0 aromatic heterocycles. The lowest BCUT2D eigenvalue weighted by Gasteiger charge is -2.42. The van der Waals surface area contributed by atoms with E-state index in [0.717, 1.165) is 20.9 Å². The Kier molecular flexibility index (Phi) is 25.7. The molecular weight excluding hydrogens is 1240 g/mol. The van der Waals surface area contributed by atoms with Crippen LogP contribution >= 0.6 is 0 Å². The molecule has 0 aliphatic carbocycles. The monoisotopic (exact) mass is 1330 g/mol. The van der Waals surface area contributed by atoms with Crippen molar-refractivity contribution in [2.45, 2.75) is 136 Å². The molecule has 518 valence electrons. The quantitative estimate of drug-likeness (QED) is 0.0375. The molecule has 0 spiro atoms. The second kappa shape index (κ2) is 33.5. The molecule has 0 bridgehead atoms. The number of hydrogen-bond donors (Lipinski definition) is 7. The number of carbonyl (C=O) groups is 11. The highest BCUT2D eigenvalue weighted by molar-refractivity contribution is 6.35. The van der Waals surface area contributed by atoms with Crippen molar-refractivity contribution in [3.8, 4) is 0 Å². The zero-order valence-electron chi connectivity index (χ0n) is 56.0. The minimum Gasteiger partial charge on any atom is -0.447 e. The Labute approximate surface area is 559 Å². The summed E-state index contributed by atoms with van der Waals surface area (Å²) in [6.07, 6.45) is -5.20. The van der Waals surface area contributed by atoms with E-state index in [1.54, 1.807) is 130 Å². The molecule has 11 amide bonds. The first-order valence-corrected chi connectivity index (χ1v) is 31.9. The number of likely N-dealkylation sites (N-methyl/N-ethyl adjacent to an activating group) is 2. The van der Waals surface area contributed by atoms with Gasteiger partial charge in [-0.05, 0) is 72.9 Å². The lowest BCUT2D eigenvalue weighted by Crippen LogP contribution is -2.60. The van der Waals surface area contributed by atoms with E-state index in [-0.39, 0.29) is 65.4 Å². The predicted molar refractivity (Wildman–Crippen MR) is 352 cm³/mol. The third-order valence-electron chi connectivity index (χ3n) is 17.2. The smallest absolute Gasteiger partial charge is 0.412 e. The SMILES string of the molecule is CC(C(=O)NC(C(=O)N1CCC2C1C(OC(=O)Nc1ccccc1)CN2C(=O)CNC(=O)C(=O)NCC(=O)N(CCOC(=O)Nc1ccccc1)C1CCN(C(O)C(NC(=O)CN(C)C(=O)OCc2ccccc2)C(C)(C)C)C1C)C(C)(C)C)N(C)C(=O)OCc1ccccc1. The number of likely N-dealkylation sites (tertiary alicyclic amines) is 3. The van der Waals surface area contributed by atoms with Gasteiger partial charge < -0.3 is 64.9 Å². The number of fused-ring (bicyclic) bond motifs is 1. The van der Waals surface area contributed by atoms with Crippen molar-refractivity contribution in [3.05, 3.63) is 132 Å². The number of anilines is 2. The highest BCUT2D eigenvalue weighted by Crippen LogP contribution is 2.37. The van der Waals surface area contributed by atoms with E-state index in [9.17, 15) is 57.8 Å². The van der Waals surface area contributed by atoms with Crippen LogP contribution in [0, 0.1) is 10.8 Å². The summed E-state index contributed by atoms with van der Waals surface area (Å²) >= 11 is 0. The van der Waals surface area contributed by atoms with Gasteiger partial charge in [-0.3, -0.25) is 54.0 Å². The van der Waals surface area contributed by atoms with Crippen LogP contribution in [0.3, 0.4) is 0 Å². The fourth-order valence-electron chi connectivity index (χ4n) is 11.8. The maximum Gasteiger partial charge on any atom is 0.412 e. The molecule has 0 saturated carbocycles.